The van der Waals surface area contributed by atoms with Crippen LogP contribution in [0.1, 0.15) is 89.9 Å². The fourth-order valence-electron chi connectivity index (χ4n) is 5.53. The van der Waals surface area contributed by atoms with Crippen molar-refractivity contribution in [3.05, 3.63) is 0 Å². The quantitative estimate of drug-likeness (QED) is 0.743. The van der Waals surface area contributed by atoms with Crippen molar-refractivity contribution >= 4 is 0 Å². The molecular weight excluding hydrogens is 272 g/mol. The summed E-state index contributed by atoms with van der Waals surface area (Å²) in [7, 11) is 0. The third-order valence-electron chi connectivity index (χ3n) is 7.02. The molecular formula is C20H36O2. The van der Waals surface area contributed by atoms with Crippen molar-refractivity contribution < 1.29 is 10.2 Å². The molecule has 0 amide bonds. The maximum atomic E-state index is 9.79. The number of aliphatic hydroxyl groups excluding tert-OH is 2. The fourth-order valence-corrected chi connectivity index (χ4v) is 5.53. The van der Waals surface area contributed by atoms with Gasteiger partial charge in [-0.2, -0.15) is 0 Å². The topological polar surface area (TPSA) is 40.5 Å². The van der Waals surface area contributed by atoms with Crippen LogP contribution >= 0.6 is 0 Å². The highest BCUT2D eigenvalue weighted by Crippen LogP contribution is 2.42. The SMILES string of the molecule is OC1CCCC(CC2CCC(C3CCC(O)CC3)CC2)CC1. The minimum absolute atomic E-state index is 0.00169. The minimum Gasteiger partial charge on any atom is -0.393 e. The number of aliphatic hydroxyl groups is 2. The van der Waals surface area contributed by atoms with Crippen molar-refractivity contribution in [3.63, 3.8) is 0 Å². The van der Waals surface area contributed by atoms with Crippen LogP contribution in [0.3, 0.4) is 0 Å². The van der Waals surface area contributed by atoms with Crippen molar-refractivity contribution in [1.29, 1.82) is 0 Å². The molecule has 2 N–H and O–H groups in total. The van der Waals surface area contributed by atoms with E-state index in [2.05, 4.69) is 0 Å². The number of hydrogen-bond acceptors (Lipinski definition) is 2. The van der Waals surface area contributed by atoms with Gasteiger partial charge in [0.2, 0.25) is 0 Å². The fraction of sp³-hybridized carbons (Fsp3) is 1.00. The first-order valence-corrected chi connectivity index (χ1v) is 10.1. The summed E-state index contributed by atoms with van der Waals surface area (Å²) >= 11 is 0. The van der Waals surface area contributed by atoms with Gasteiger partial charge in [-0.25, -0.2) is 0 Å². The van der Waals surface area contributed by atoms with Gasteiger partial charge in [-0.1, -0.05) is 25.7 Å². The predicted molar refractivity (Wildman–Crippen MR) is 90.6 cm³/mol. The first-order chi connectivity index (χ1) is 10.7. The second-order valence-corrected chi connectivity index (χ2v) is 8.61. The molecule has 3 rings (SSSR count). The molecule has 22 heavy (non-hydrogen) atoms. The second-order valence-electron chi connectivity index (χ2n) is 8.61. The molecule has 0 bridgehead atoms. The summed E-state index contributed by atoms with van der Waals surface area (Å²) in [5.41, 5.74) is 0. The molecule has 3 fully saturated rings. The van der Waals surface area contributed by atoms with Gasteiger partial charge in [-0.3, -0.25) is 0 Å². The second kappa shape index (κ2) is 8.15. The zero-order valence-electron chi connectivity index (χ0n) is 14.3. The monoisotopic (exact) mass is 308 g/mol. The van der Waals surface area contributed by atoms with E-state index >= 15 is 0 Å². The molecule has 0 aromatic heterocycles. The van der Waals surface area contributed by atoms with E-state index < -0.39 is 0 Å². The summed E-state index contributed by atoms with van der Waals surface area (Å²) in [4.78, 5) is 0. The highest BCUT2D eigenvalue weighted by atomic mass is 16.3. The number of hydrogen-bond donors (Lipinski definition) is 2. The van der Waals surface area contributed by atoms with Gasteiger partial charge in [0.05, 0.1) is 12.2 Å². The molecule has 0 spiro atoms. The van der Waals surface area contributed by atoms with Crippen molar-refractivity contribution in [2.45, 2.75) is 102 Å². The molecule has 0 heterocycles. The Morgan fingerprint density at radius 3 is 1.64 bits per heavy atom. The maximum Gasteiger partial charge on any atom is 0.0540 e. The predicted octanol–water partition coefficient (Wildman–Crippen LogP) is 4.68. The molecule has 0 saturated heterocycles. The van der Waals surface area contributed by atoms with Gasteiger partial charge in [0, 0.05) is 0 Å². The lowest BCUT2D eigenvalue weighted by Gasteiger charge is -2.37. The van der Waals surface area contributed by atoms with Crippen LogP contribution in [0.2, 0.25) is 0 Å². The number of rotatable bonds is 3. The smallest absolute Gasteiger partial charge is 0.0540 e. The lowest BCUT2D eigenvalue weighted by Crippen LogP contribution is -2.27. The molecule has 2 unspecified atom stereocenters. The summed E-state index contributed by atoms with van der Waals surface area (Å²) in [6.07, 6.45) is 17.8. The van der Waals surface area contributed by atoms with Gasteiger partial charge in [-0.15, -0.1) is 0 Å². The van der Waals surface area contributed by atoms with Crippen LogP contribution in [0, 0.1) is 23.7 Å². The van der Waals surface area contributed by atoms with E-state index in [1.54, 1.807) is 0 Å². The molecule has 2 nitrogen and oxygen atoms in total. The first kappa shape index (κ1) is 16.8. The lowest BCUT2D eigenvalue weighted by molar-refractivity contribution is 0.0748. The van der Waals surface area contributed by atoms with Crippen LogP contribution in [0.5, 0.6) is 0 Å². The Kier molecular flexibility index (Phi) is 6.21. The summed E-state index contributed by atoms with van der Waals surface area (Å²) < 4.78 is 0. The van der Waals surface area contributed by atoms with Crippen molar-refractivity contribution in [2.24, 2.45) is 23.7 Å². The van der Waals surface area contributed by atoms with Crippen LogP contribution in [-0.4, -0.2) is 22.4 Å². The molecule has 2 heteroatoms. The molecule has 0 aromatic carbocycles. The molecule has 0 radical (unpaired) electrons. The standard InChI is InChI=1S/C20H36O2/c21-19-3-1-2-15(6-11-19)14-16-4-7-17(8-5-16)18-9-12-20(22)13-10-18/h15-22H,1-14H2. The van der Waals surface area contributed by atoms with E-state index in [4.69, 9.17) is 0 Å². The zero-order chi connectivity index (χ0) is 15.4. The van der Waals surface area contributed by atoms with Crippen molar-refractivity contribution in [1.82, 2.24) is 0 Å². The van der Waals surface area contributed by atoms with Gasteiger partial charge < -0.3 is 10.2 Å². The van der Waals surface area contributed by atoms with E-state index in [9.17, 15) is 10.2 Å². The molecule has 3 aliphatic rings. The Morgan fingerprint density at radius 1 is 0.500 bits per heavy atom. The van der Waals surface area contributed by atoms with Crippen LogP contribution in [0.4, 0.5) is 0 Å². The van der Waals surface area contributed by atoms with E-state index in [1.165, 1.54) is 64.2 Å². The van der Waals surface area contributed by atoms with E-state index in [0.29, 0.717) is 0 Å². The maximum absolute atomic E-state index is 9.79. The van der Waals surface area contributed by atoms with Gasteiger partial charge in [0.25, 0.3) is 0 Å². The van der Waals surface area contributed by atoms with Crippen LogP contribution in [0.25, 0.3) is 0 Å². The molecule has 128 valence electrons. The van der Waals surface area contributed by atoms with Gasteiger partial charge >= 0.3 is 0 Å². The van der Waals surface area contributed by atoms with E-state index in [-0.39, 0.29) is 12.2 Å². The molecule has 3 saturated carbocycles. The van der Waals surface area contributed by atoms with Gasteiger partial charge in [0.1, 0.15) is 0 Å². The van der Waals surface area contributed by atoms with E-state index in [1.807, 2.05) is 0 Å². The van der Waals surface area contributed by atoms with E-state index in [0.717, 1.165) is 49.4 Å². The largest absolute Gasteiger partial charge is 0.393 e. The highest BCUT2D eigenvalue weighted by Gasteiger charge is 2.31. The Labute approximate surface area is 136 Å². The first-order valence-electron chi connectivity index (χ1n) is 10.1. The summed E-state index contributed by atoms with van der Waals surface area (Å²) in [5.74, 6) is 3.73. The Balaban J connectivity index is 1.38. The van der Waals surface area contributed by atoms with Gasteiger partial charge in [0.15, 0.2) is 0 Å². The zero-order valence-corrected chi connectivity index (χ0v) is 14.3. The summed E-state index contributed by atoms with van der Waals surface area (Å²) in [5, 5.41) is 19.5. The third-order valence-corrected chi connectivity index (χ3v) is 7.02. The average Bonchev–Trinajstić information content (AvgIpc) is 2.74. The average molecular weight is 309 g/mol. The molecule has 2 atom stereocenters. The van der Waals surface area contributed by atoms with Crippen LogP contribution < -0.4 is 0 Å². The van der Waals surface area contributed by atoms with Crippen molar-refractivity contribution in [2.75, 3.05) is 0 Å². The Hall–Kier alpha value is -0.0800. The van der Waals surface area contributed by atoms with Crippen LogP contribution in [-0.2, 0) is 0 Å². The lowest BCUT2D eigenvalue weighted by atomic mass is 9.69. The highest BCUT2D eigenvalue weighted by molar-refractivity contribution is 4.83. The minimum atomic E-state index is -0.0117. The van der Waals surface area contributed by atoms with Crippen molar-refractivity contribution in [3.8, 4) is 0 Å². The molecule has 3 aliphatic carbocycles. The molecule has 0 aliphatic heterocycles. The summed E-state index contributed by atoms with van der Waals surface area (Å²) in [6.45, 7) is 0. The summed E-state index contributed by atoms with van der Waals surface area (Å²) in [6, 6.07) is 0. The Morgan fingerprint density at radius 2 is 0.955 bits per heavy atom. The molecule has 0 aromatic rings. The van der Waals surface area contributed by atoms with Crippen LogP contribution in [0.15, 0.2) is 0 Å². The third kappa shape index (κ3) is 4.71. The van der Waals surface area contributed by atoms with Gasteiger partial charge in [-0.05, 0) is 87.9 Å². The Bertz CT molecular complexity index is 314. The normalized spacial score (nSPS) is 44.5.